The number of carbonyl (C=O) groups is 1. The molecule has 1 saturated heterocycles. The molecule has 0 saturated carbocycles. The number of pyridine rings is 1. The van der Waals surface area contributed by atoms with E-state index < -0.39 is 0 Å². The Kier molecular flexibility index (Phi) is 3.60. The van der Waals surface area contributed by atoms with Gasteiger partial charge in [-0.15, -0.1) is 0 Å². The first-order chi connectivity index (χ1) is 8.86. The van der Waals surface area contributed by atoms with Crippen LogP contribution in [0.25, 0.3) is 0 Å². The number of nitrogens with zero attached hydrogens (tertiary/aromatic N) is 1. The van der Waals surface area contributed by atoms with Crippen LogP contribution in [0, 0.1) is 0 Å². The molecular formula is C15H21N3O. The summed E-state index contributed by atoms with van der Waals surface area (Å²) in [6.45, 7) is 10.2. The Morgan fingerprint density at radius 1 is 1.42 bits per heavy atom. The number of anilines is 1. The number of nitrogens with one attached hydrogen (secondary N) is 2. The third kappa shape index (κ3) is 3.34. The summed E-state index contributed by atoms with van der Waals surface area (Å²) in [5.74, 6) is 0.707. The standard InChI is InChI=1S/C15H21N3O/c1-10-5-7-12(14(19)17-10)18-13-8-6-11(9-16-13)15(2,3)4/h6,8-9,12H,1,5,7H2,2-4H3,(H,16,18)(H,17,19). The molecule has 4 heteroatoms. The average molecular weight is 259 g/mol. The van der Waals surface area contributed by atoms with Crippen LogP contribution in [-0.2, 0) is 10.2 Å². The van der Waals surface area contributed by atoms with Gasteiger partial charge in [-0.3, -0.25) is 4.79 Å². The minimum atomic E-state index is -0.224. The first-order valence-corrected chi connectivity index (χ1v) is 6.58. The fourth-order valence-electron chi connectivity index (χ4n) is 2.01. The van der Waals surface area contributed by atoms with E-state index in [-0.39, 0.29) is 17.4 Å². The van der Waals surface area contributed by atoms with E-state index in [0.29, 0.717) is 0 Å². The van der Waals surface area contributed by atoms with Crippen molar-refractivity contribution in [2.75, 3.05) is 5.32 Å². The van der Waals surface area contributed by atoms with Gasteiger partial charge in [-0.1, -0.05) is 33.4 Å². The van der Waals surface area contributed by atoms with Gasteiger partial charge in [0.15, 0.2) is 0 Å². The third-order valence-electron chi connectivity index (χ3n) is 3.30. The summed E-state index contributed by atoms with van der Waals surface area (Å²) < 4.78 is 0. The van der Waals surface area contributed by atoms with Gasteiger partial charge in [0.2, 0.25) is 5.91 Å². The van der Waals surface area contributed by atoms with Crippen LogP contribution in [0.2, 0.25) is 0 Å². The molecule has 1 amide bonds. The number of carbonyl (C=O) groups excluding carboxylic acids is 1. The van der Waals surface area contributed by atoms with Crippen LogP contribution >= 0.6 is 0 Å². The Hall–Kier alpha value is -1.84. The molecule has 0 aromatic carbocycles. The van der Waals surface area contributed by atoms with Gasteiger partial charge < -0.3 is 10.6 Å². The van der Waals surface area contributed by atoms with E-state index in [1.54, 1.807) is 0 Å². The van der Waals surface area contributed by atoms with Crippen molar-refractivity contribution in [1.82, 2.24) is 10.3 Å². The van der Waals surface area contributed by atoms with Crippen LogP contribution in [0.4, 0.5) is 5.82 Å². The number of hydrogen-bond acceptors (Lipinski definition) is 3. The summed E-state index contributed by atoms with van der Waals surface area (Å²) in [7, 11) is 0. The predicted molar refractivity (Wildman–Crippen MR) is 76.9 cm³/mol. The van der Waals surface area contributed by atoms with Crippen molar-refractivity contribution in [2.45, 2.75) is 45.1 Å². The van der Waals surface area contributed by atoms with Crippen molar-refractivity contribution < 1.29 is 4.79 Å². The highest BCUT2D eigenvalue weighted by Crippen LogP contribution is 2.22. The summed E-state index contributed by atoms with van der Waals surface area (Å²) in [6.07, 6.45) is 3.43. The first kappa shape index (κ1) is 13.6. The van der Waals surface area contributed by atoms with Crippen molar-refractivity contribution >= 4 is 11.7 Å². The van der Waals surface area contributed by atoms with E-state index in [4.69, 9.17) is 0 Å². The van der Waals surface area contributed by atoms with Crippen LogP contribution in [0.1, 0.15) is 39.2 Å². The van der Waals surface area contributed by atoms with Gasteiger partial charge in [-0.25, -0.2) is 4.98 Å². The second-order valence-electron chi connectivity index (χ2n) is 6.01. The van der Waals surface area contributed by atoms with Gasteiger partial charge in [0, 0.05) is 11.9 Å². The molecule has 2 heterocycles. The van der Waals surface area contributed by atoms with Crippen LogP contribution in [0.15, 0.2) is 30.6 Å². The lowest BCUT2D eigenvalue weighted by atomic mass is 9.88. The Balaban J connectivity index is 2.04. The lowest BCUT2D eigenvalue weighted by Crippen LogP contribution is -2.43. The summed E-state index contributed by atoms with van der Waals surface area (Å²) in [4.78, 5) is 16.2. The Morgan fingerprint density at radius 3 is 2.68 bits per heavy atom. The van der Waals surface area contributed by atoms with Crippen LogP contribution in [0.5, 0.6) is 0 Å². The van der Waals surface area contributed by atoms with E-state index in [2.05, 4.69) is 49.0 Å². The van der Waals surface area contributed by atoms with Gasteiger partial charge in [0.05, 0.1) is 0 Å². The molecule has 19 heavy (non-hydrogen) atoms. The van der Waals surface area contributed by atoms with E-state index in [0.717, 1.165) is 24.4 Å². The molecule has 102 valence electrons. The van der Waals surface area contributed by atoms with Crippen LogP contribution in [0.3, 0.4) is 0 Å². The van der Waals surface area contributed by atoms with Crippen LogP contribution in [-0.4, -0.2) is 16.9 Å². The number of hydrogen-bond donors (Lipinski definition) is 2. The smallest absolute Gasteiger partial charge is 0.246 e. The molecule has 1 aromatic rings. The molecule has 1 aliphatic rings. The number of rotatable bonds is 2. The average Bonchev–Trinajstić information content (AvgIpc) is 2.32. The topological polar surface area (TPSA) is 54.0 Å². The van der Waals surface area contributed by atoms with Gasteiger partial charge in [0.1, 0.15) is 11.9 Å². The molecule has 2 rings (SSSR count). The summed E-state index contributed by atoms with van der Waals surface area (Å²) in [6, 6.07) is 3.75. The Morgan fingerprint density at radius 2 is 2.16 bits per heavy atom. The van der Waals surface area contributed by atoms with Crippen molar-refractivity contribution in [2.24, 2.45) is 0 Å². The molecule has 2 N–H and O–H groups in total. The normalized spacial score (nSPS) is 20.1. The number of allylic oxidation sites excluding steroid dienone is 1. The fourth-order valence-corrected chi connectivity index (χ4v) is 2.01. The Labute approximate surface area is 114 Å². The number of amides is 1. The van der Waals surface area contributed by atoms with Gasteiger partial charge in [-0.05, 0) is 29.9 Å². The summed E-state index contributed by atoms with van der Waals surface area (Å²) in [5, 5.41) is 5.93. The van der Waals surface area contributed by atoms with Crippen molar-refractivity contribution in [1.29, 1.82) is 0 Å². The molecule has 1 aliphatic heterocycles. The molecule has 0 spiro atoms. The number of piperidine rings is 1. The van der Waals surface area contributed by atoms with Gasteiger partial charge in [0.25, 0.3) is 0 Å². The lowest BCUT2D eigenvalue weighted by Gasteiger charge is -2.25. The molecule has 1 fully saturated rings. The maximum absolute atomic E-state index is 11.8. The molecule has 0 radical (unpaired) electrons. The summed E-state index contributed by atoms with van der Waals surface area (Å²) >= 11 is 0. The van der Waals surface area contributed by atoms with Crippen LogP contribution < -0.4 is 10.6 Å². The minimum absolute atomic E-state index is 0.0297. The van der Waals surface area contributed by atoms with Gasteiger partial charge >= 0.3 is 0 Å². The highest BCUT2D eigenvalue weighted by Gasteiger charge is 2.24. The fraction of sp³-hybridized carbons (Fsp3) is 0.467. The van der Waals surface area contributed by atoms with Crippen molar-refractivity contribution in [3.05, 3.63) is 36.2 Å². The Bertz CT molecular complexity index is 485. The molecule has 1 aromatic heterocycles. The third-order valence-corrected chi connectivity index (χ3v) is 3.30. The number of aromatic nitrogens is 1. The molecule has 1 unspecified atom stereocenters. The second-order valence-corrected chi connectivity index (χ2v) is 6.01. The minimum Gasteiger partial charge on any atom is -0.358 e. The van der Waals surface area contributed by atoms with Gasteiger partial charge in [-0.2, -0.15) is 0 Å². The SMILES string of the molecule is C=C1CCC(Nc2ccc(C(C)(C)C)cn2)C(=O)N1. The molecule has 0 aliphatic carbocycles. The summed E-state index contributed by atoms with van der Waals surface area (Å²) in [5.41, 5.74) is 2.06. The zero-order chi connectivity index (χ0) is 14.0. The van der Waals surface area contributed by atoms with Crippen molar-refractivity contribution in [3.63, 3.8) is 0 Å². The van der Waals surface area contributed by atoms with E-state index in [1.165, 1.54) is 5.56 Å². The second kappa shape index (κ2) is 5.03. The van der Waals surface area contributed by atoms with E-state index >= 15 is 0 Å². The quantitative estimate of drug-likeness (QED) is 0.858. The monoisotopic (exact) mass is 259 g/mol. The van der Waals surface area contributed by atoms with Crippen molar-refractivity contribution in [3.8, 4) is 0 Å². The van der Waals surface area contributed by atoms with E-state index in [1.807, 2.05) is 12.3 Å². The maximum atomic E-state index is 11.8. The molecule has 1 atom stereocenters. The first-order valence-electron chi connectivity index (χ1n) is 6.58. The highest BCUT2D eigenvalue weighted by atomic mass is 16.2. The molecular weight excluding hydrogens is 238 g/mol. The molecule has 0 bridgehead atoms. The molecule has 4 nitrogen and oxygen atoms in total. The predicted octanol–water partition coefficient (Wildman–Crippen LogP) is 2.58. The van der Waals surface area contributed by atoms with E-state index in [9.17, 15) is 4.79 Å². The lowest BCUT2D eigenvalue weighted by molar-refractivity contribution is -0.122. The maximum Gasteiger partial charge on any atom is 0.246 e. The highest BCUT2D eigenvalue weighted by molar-refractivity contribution is 5.86. The zero-order valence-corrected chi connectivity index (χ0v) is 11.8. The zero-order valence-electron chi connectivity index (χ0n) is 11.8. The largest absolute Gasteiger partial charge is 0.358 e.